The van der Waals surface area contributed by atoms with Crippen LogP contribution in [0.15, 0.2) is 16.6 Å². The fourth-order valence-corrected chi connectivity index (χ4v) is 4.08. The lowest BCUT2D eigenvalue weighted by Gasteiger charge is -2.29. The summed E-state index contributed by atoms with van der Waals surface area (Å²) in [6.45, 7) is 1.54. The van der Waals surface area contributed by atoms with Crippen LogP contribution >= 0.6 is 15.9 Å². The first kappa shape index (κ1) is 13.1. The van der Waals surface area contributed by atoms with Crippen molar-refractivity contribution in [3.63, 3.8) is 0 Å². The van der Waals surface area contributed by atoms with Crippen LogP contribution in [0.5, 0.6) is 0 Å². The summed E-state index contributed by atoms with van der Waals surface area (Å²) in [5.41, 5.74) is 8.44. The van der Waals surface area contributed by atoms with E-state index in [2.05, 4.69) is 26.1 Å². The van der Waals surface area contributed by atoms with Crippen molar-refractivity contribution >= 4 is 44.0 Å². The van der Waals surface area contributed by atoms with Crippen molar-refractivity contribution in [2.45, 2.75) is 6.04 Å². The number of benzene rings is 1. The summed E-state index contributed by atoms with van der Waals surface area (Å²) in [6.07, 6.45) is 0. The van der Waals surface area contributed by atoms with Gasteiger partial charge in [-0.3, -0.25) is 9.00 Å². The van der Waals surface area contributed by atoms with E-state index in [1.807, 2.05) is 12.1 Å². The zero-order chi connectivity index (χ0) is 13.6. The van der Waals surface area contributed by atoms with Crippen molar-refractivity contribution in [3.8, 4) is 0 Å². The summed E-state index contributed by atoms with van der Waals surface area (Å²) >= 11 is 3.54. The zero-order valence-corrected chi connectivity index (χ0v) is 12.6. The highest BCUT2D eigenvalue weighted by molar-refractivity contribution is 9.10. The number of hydrogen-bond donors (Lipinski definition) is 2. The number of nitrogens with zero attached hydrogens (tertiary/aromatic N) is 1. The van der Waals surface area contributed by atoms with Crippen LogP contribution in [-0.4, -0.2) is 34.7 Å². The minimum Gasteiger partial charge on any atom is -0.369 e. The number of hydrogen-bond acceptors (Lipinski definition) is 4. The number of nitrogens with one attached hydrogen (secondary N) is 1. The fraction of sp³-hybridized carbons (Fsp3) is 0.417. The first-order chi connectivity index (χ1) is 9.06. The van der Waals surface area contributed by atoms with Gasteiger partial charge in [-0.2, -0.15) is 0 Å². The van der Waals surface area contributed by atoms with Crippen LogP contribution in [0.3, 0.4) is 0 Å². The normalized spacial score (nSPS) is 23.4. The molecule has 0 bridgehead atoms. The van der Waals surface area contributed by atoms with Crippen LogP contribution in [0, 0.1) is 0 Å². The summed E-state index contributed by atoms with van der Waals surface area (Å²) < 4.78 is 12.3. The summed E-state index contributed by atoms with van der Waals surface area (Å²) in [5.74, 6) is 1.21. The van der Waals surface area contributed by atoms with Crippen LogP contribution in [-0.2, 0) is 15.6 Å². The van der Waals surface area contributed by atoms with E-state index in [0.29, 0.717) is 11.5 Å². The minimum atomic E-state index is -0.699. The molecule has 1 amide bonds. The number of amides is 1. The number of nitrogens with two attached hydrogens (primary N) is 1. The highest BCUT2D eigenvalue weighted by atomic mass is 79.9. The second kappa shape index (κ2) is 4.88. The van der Waals surface area contributed by atoms with E-state index in [9.17, 15) is 9.00 Å². The first-order valence-corrected chi connectivity index (χ1v) is 8.34. The van der Waals surface area contributed by atoms with Crippen molar-refractivity contribution in [3.05, 3.63) is 22.2 Å². The van der Waals surface area contributed by atoms with Gasteiger partial charge < -0.3 is 16.0 Å². The molecule has 3 N–H and O–H groups in total. The Morgan fingerprint density at radius 3 is 2.74 bits per heavy atom. The largest absolute Gasteiger partial charge is 0.369 e. The van der Waals surface area contributed by atoms with E-state index in [4.69, 9.17) is 5.73 Å². The molecule has 1 aromatic rings. The Morgan fingerprint density at radius 1 is 1.37 bits per heavy atom. The molecular formula is C12H14BrN3O2S. The highest BCUT2D eigenvalue weighted by Gasteiger charge is 2.29. The molecule has 102 valence electrons. The molecule has 2 aliphatic rings. The molecule has 2 aliphatic heterocycles. The monoisotopic (exact) mass is 343 g/mol. The van der Waals surface area contributed by atoms with Crippen molar-refractivity contribution in [1.82, 2.24) is 0 Å². The average molecular weight is 344 g/mol. The molecule has 2 heterocycles. The van der Waals surface area contributed by atoms with Crippen molar-refractivity contribution in [1.29, 1.82) is 0 Å². The Kier molecular flexibility index (Phi) is 3.36. The Hall–Kier alpha value is -0.920. The van der Waals surface area contributed by atoms with Crippen molar-refractivity contribution in [2.75, 3.05) is 34.8 Å². The van der Waals surface area contributed by atoms with Crippen molar-refractivity contribution < 1.29 is 9.00 Å². The highest BCUT2D eigenvalue weighted by Crippen LogP contribution is 2.38. The molecule has 0 radical (unpaired) electrons. The average Bonchev–Trinajstić information content (AvgIpc) is 2.66. The van der Waals surface area contributed by atoms with E-state index in [1.54, 1.807) is 0 Å². The molecule has 1 saturated heterocycles. The maximum absolute atomic E-state index is 11.6. The second-order valence-corrected chi connectivity index (χ2v) is 7.24. The van der Waals surface area contributed by atoms with Gasteiger partial charge in [-0.25, -0.2) is 0 Å². The summed E-state index contributed by atoms with van der Waals surface area (Å²) in [7, 11) is -0.699. The molecule has 7 heteroatoms. The molecule has 5 nitrogen and oxygen atoms in total. The first-order valence-electron chi connectivity index (χ1n) is 6.06. The van der Waals surface area contributed by atoms with Gasteiger partial charge in [0, 0.05) is 51.1 Å². The lowest BCUT2D eigenvalue weighted by molar-refractivity contribution is -0.116. The predicted octanol–water partition coefficient (Wildman–Crippen LogP) is 0.970. The van der Waals surface area contributed by atoms with Gasteiger partial charge in [0.25, 0.3) is 0 Å². The van der Waals surface area contributed by atoms with E-state index < -0.39 is 16.8 Å². The summed E-state index contributed by atoms with van der Waals surface area (Å²) in [5, 5.41) is 2.79. The molecular weight excluding hydrogens is 330 g/mol. The number of carbonyl (C=O) groups excluding carboxylic acids is 1. The molecule has 1 unspecified atom stereocenters. The van der Waals surface area contributed by atoms with Gasteiger partial charge in [0.2, 0.25) is 5.91 Å². The lowest BCUT2D eigenvalue weighted by Crippen LogP contribution is -2.37. The van der Waals surface area contributed by atoms with E-state index in [1.165, 1.54) is 0 Å². The summed E-state index contributed by atoms with van der Waals surface area (Å²) in [4.78, 5) is 13.7. The molecule has 0 saturated carbocycles. The smallest absolute Gasteiger partial charge is 0.245 e. The number of anilines is 2. The van der Waals surface area contributed by atoms with Gasteiger partial charge in [0.15, 0.2) is 0 Å². The maximum Gasteiger partial charge on any atom is 0.245 e. The molecule has 1 atom stereocenters. The number of rotatable bonds is 1. The number of fused-ring (bicyclic) bond motifs is 1. The standard InChI is InChI=1S/C12H14BrN3O2S/c13-8-5-7-9(15-12(17)11(7)14)6-10(8)16-1-3-19(18)4-2-16/h5-6,11H,1-4,14H2,(H,15,17). The quantitative estimate of drug-likeness (QED) is 0.796. The molecule has 1 aromatic carbocycles. The van der Waals surface area contributed by atoms with Crippen LogP contribution in [0.25, 0.3) is 0 Å². The van der Waals surface area contributed by atoms with E-state index in [-0.39, 0.29) is 5.91 Å². The predicted molar refractivity (Wildman–Crippen MR) is 79.8 cm³/mol. The van der Waals surface area contributed by atoms with Gasteiger partial charge in [-0.15, -0.1) is 0 Å². The van der Waals surface area contributed by atoms with Crippen LogP contribution in [0.4, 0.5) is 11.4 Å². The third-order valence-corrected chi connectivity index (χ3v) is 5.42. The second-order valence-electron chi connectivity index (χ2n) is 4.69. The molecule has 1 fully saturated rings. The maximum atomic E-state index is 11.6. The minimum absolute atomic E-state index is 0.168. The SMILES string of the molecule is NC1C(=O)Nc2cc(N3CCS(=O)CC3)c(Br)cc21. The lowest BCUT2D eigenvalue weighted by atomic mass is 10.1. The number of carbonyl (C=O) groups is 1. The van der Waals surface area contributed by atoms with E-state index in [0.717, 1.165) is 34.5 Å². The Morgan fingerprint density at radius 2 is 2.05 bits per heavy atom. The van der Waals surface area contributed by atoms with Gasteiger partial charge in [0.1, 0.15) is 6.04 Å². The van der Waals surface area contributed by atoms with Crippen LogP contribution in [0.2, 0.25) is 0 Å². The fourth-order valence-electron chi connectivity index (χ4n) is 2.42. The number of halogens is 1. The summed E-state index contributed by atoms with van der Waals surface area (Å²) in [6, 6.07) is 3.26. The van der Waals surface area contributed by atoms with Crippen LogP contribution in [0.1, 0.15) is 11.6 Å². The van der Waals surface area contributed by atoms with E-state index >= 15 is 0 Å². The van der Waals surface area contributed by atoms with Gasteiger partial charge in [0.05, 0.1) is 5.69 Å². The van der Waals surface area contributed by atoms with Gasteiger partial charge >= 0.3 is 0 Å². The molecule has 19 heavy (non-hydrogen) atoms. The Bertz CT molecular complexity index is 568. The Labute approximate surface area is 122 Å². The molecule has 0 spiro atoms. The Balaban J connectivity index is 1.94. The third kappa shape index (κ3) is 2.30. The molecule has 0 aromatic heterocycles. The third-order valence-electron chi connectivity index (χ3n) is 3.51. The topological polar surface area (TPSA) is 75.4 Å². The molecule has 0 aliphatic carbocycles. The van der Waals surface area contributed by atoms with Gasteiger partial charge in [-0.1, -0.05) is 0 Å². The van der Waals surface area contributed by atoms with Crippen molar-refractivity contribution in [2.24, 2.45) is 5.73 Å². The molecule has 3 rings (SSSR count). The van der Waals surface area contributed by atoms with Gasteiger partial charge in [-0.05, 0) is 28.1 Å². The zero-order valence-electron chi connectivity index (χ0n) is 10.2. The van der Waals surface area contributed by atoms with Crippen LogP contribution < -0.4 is 16.0 Å².